The van der Waals surface area contributed by atoms with Gasteiger partial charge in [-0.1, -0.05) is 0 Å². The lowest BCUT2D eigenvalue weighted by atomic mass is 10.3. The topological polar surface area (TPSA) is 98.3 Å². The largest absolute Gasteiger partial charge is 0.299 e. The second kappa shape index (κ2) is 3.27. The van der Waals surface area contributed by atoms with Gasteiger partial charge in [0.15, 0.2) is 0 Å². The molecule has 0 atom stereocenters. The van der Waals surface area contributed by atoms with Crippen LogP contribution in [0.5, 0.6) is 0 Å². The van der Waals surface area contributed by atoms with Gasteiger partial charge in [-0.15, -0.1) is 0 Å². The maximum atomic E-state index is 11.9. The quantitative estimate of drug-likeness (QED) is 0.555. The van der Waals surface area contributed by atoms with Crippen molar-refractivity contribution in [2.24, 2.45) is 0 Å². The second-order valence-corrected chi connectivity index (χ2v) is 5.94. The number of rotatable bonds is 1. The van der Waals surface area contributed by atoms with Gasteiger partial charge in [0.2, 0.25) is 5.16 Å². The van der Waals surface area contributed by atoms with Gasteiger partial charge in [0, 0.05) is 19.2 Å². The number of imidazole rings is 1. The number of non-ortho nitro benzene ring substituents is 1. The highest BCUT2D eigenvalue weighted by Crippen LogP contribution is 2.29. The third-order valence-corrected chi connectivity index (χ3v) is 4.60. The number of hydrogen-bond donors (Lipinski definition) is 0. The molecule has 0 fully saturated rings. The number of nitro benzene ring substituents is 1. The summed E-state index contributed by atoms with van der Waals surface area (Å²) >= 11 is 0. The van der Waals surface area contributed by atoms with E-state index in [0.717, 1.165) is 4.31 Å². The van der Waals surface area contributed by atoms with Gasteiger partial charge in [0.1, 0.15) is 0 Å². The summed E-state index contributed by atoms with van der Waals surface area (Å²) in [5, 5.41) is 10.6. The normalized spacial score (nSPS) is 18.1. The zero-order valence-electron chi connectivity index (χ0n) is 9.27. The summed E-state index contributed by atoms with van der Waals surface area (Å²) in [5.74, 6) is 0. The number of aromatic nitrogens is 2. The summed E-state index contributed by atoms with van der Waals surface area (Å²) in [7, 11) is -2.13. The zero-order chi connectivity index (χ0) is 13.1. The van der Waals surface area contributed by atoms with E-state index in [9.17, 15) is 18.5 Å². The van der Waals surface area contributed by atoms with Crippen LogP contribution in [0, 0.1) is 10.1 Å². The second-order valence-electron chi connectivity index (χ2n) is 4.00. The fourth-order valence-electron chi connectivity index (χ4n) is 1.95. The molecular weight excluding hydrogens is 260 g/mol. The lowest BCUT2D eigenvalue weighted by Crippen LogP contribution is -2.19. The van der Waals surface area contributed by atoms with Crippen LogP contribution in [-0.4, -0.2) is 34.2 Å². The third-order valence-electron chi connectivity index (χ3n) is 2.89. The van der Waals surface area contributed by atoms with Crippen LogP contribution in [0.4, 0.5) is 5.69 Å². The van der Waals surface area contributed by atoms with E-state index in [1.807, 2.05) is 0 Å². The van der Waals surface area contributed by atoms with Gasteiger partial charge in [0.25, 0.3) is 15.7 Å². The highest BCUT2D eigenvalue weighted by atomic mass is 32.2. The molecule has 2 heterocycles. The first-order chi connectivity index (χ1) is 8.41. The van der Waals surface area contributed by atoms with Crippen molar-refractivity contribution >= 4 is 26.7 Å². The van der Waals surface area contributed by atoms with Crippen molar-refractivity contribution < 1.29 is 13.3 Å². The Kier molecular flexibility index (Phi) is 2.02. The highest BCUT2D eigenvalue weighted by molar-refractivity contribution is 7.89. The van der Waals surface area contributed by atoms with Crippen LogP contribution in [0.25, 0.3) is 11.0 Å². The van der Waals surface area contributed by atoms with Gasteiger partial charge in [-0.05, 0) is 6.07 Å². The molecule has 1 aromatic carbocycles. The zero-order valence-corrected chi connectivity index (χ0v) is 10.1. The van der Waals surface area contributed by atoms with Crippen LogP contribution in [0.2, 0.25) is 0 Å². The van der Waals surface area contributed by atoms with Crippen LogP contribution in [0.1, 0.15) is 0 Å². The smallest absolute Gasteiger partial charge is 0.278 e. The van der Waals surface area contributed by atoms with Crippen molar-refractivity contribution in [3.05, 3.63) is 28.3 Å². The lowest BCUT2D eigenvalue weighted by molar-refractivity contribution is -0.384. The Hall–Kier alpha value is -2.00. The number of nitro groups is 1. The summed E-state index contributed by atoms with van der Waals surface area (Å²) in [6.07, 6.45) is 0. The van der Waals surface area contributed by atoms with Crippen LogP contribution in [0.3, 0.4) is 0 Å². The Bertz CT molecular complexity index is 779. The van der Waals surface area contributed by atoms with E-state index in [1.165, 1.54) is 29.8 Å². The van der Waals surface area contributed by atoms with E-state index in [1.54, 1.807) is 0 Å². The first-order valence-electron chi connectivity index (χ1n) is 5.02. The summed E-state index contributed by atoms with van der Waals surface area (Å²) < 4.78 is 26.4. The summed E-state index contributed by atoms with van der Waals surface area (Å²) in [5.41, 5.74) is 0.802. The van der Waals surface area contributed by atoms with Crippen molar-refractivity contribution in [3.8, 4) is 0 Å². The van der Waals surface area contributed by atoms with Crippen molar-refractivity contribution in [1.82, 2.24) is 13.9 Å². The van der Waals surface area contributed by atoms with E-state index in [-0.39, 0.29) is 17.5 Å². The molecule has 0 amide bonds. The Morgan fingerprint density at radius 3 is 2.83 bits per heavy atom. The number of sulfonamides is 1. The molecule has 0 saturated carbocycles. The van der Waals surface area contributed by atoms with E-state index < -0.39 is 14.9 Å². The minimum atomic E-state index is -3.56. The molecule has 0 radical (unpaired) electrons. The SMILES string of the molecule is CN1Cn2c(nc3ccc([N+](=O)[O-])cc32)S1(=O)=O. The molecule has 94 valence electrons. The molecule has 0 N–H and O–H groups in total. The Labute approximate surface area is 102 Å². The van der Waals surface area contributed by atoms with Gasteiger partial charge in [-0.2, -0.15) is 4.31 Å². The van der Waals surface area contributed by atoms with Gasteiger partial charge < -0.3 is 0 Å². The van der Waals surface area contributed by atoms with E-state index >= 15 is 0 Å². The molecule has 0 bridgehead atoms. The average molecular weight is 268 g/mol. The molecule has 0 spiro atoms. The molecule has 0 aliphatic carbocycles. The molecule has 1 aromatic heterocycles. The molecule has 1 aliphatic rings. The minimum Gasteiger partial charge on any atom is -0.299 e. The monoisotopic (exact) mass is 268 g/mol. The Morgan fingerprint density at radius 1 is 1.44 bits per heavy atom. The van der Waals surface area contributed by atoms with Crippen molar-refractivity contribution in [2.75, 3.05) is 7.05 Å². The fraction of sp³-hybridized carbons (Fsp3) is 0.222. The summed E-state index contributed by atoms with van der Waals surface area (Å²) in [6.45, 7) is 0.120. The third kappa shape index (κ3) is 1.28. The fourth-order valence-corrected chi connectivity index (χ4v) is 3.15. The Balaban J connectivity index is 2.34. The van der Waals surface area contributed by atoms with Gasteiger partial charge in [-0.3, -0.25) is 14.7 Å². The standard InChI is InChI=1S/C9H8N4O4S/c1-11-5-12-8-4-6(13(14)15)2-3-7(8)10-9(12)18(11,16)17/h2-4H,5H2,1H3. The van der Waals surface area contributed by atoms with Crippen molar-refractivity contribution in [3.63, 3.8) is 0 Å². The van der Waals surface area contributed by atoms with Crippen molar-refractivity contribution in [1.29, 1.82) is 0 Å². The molecule has 1 aliphatic heterocycles. The first kappa shape index (κ1) is 11.1. The molecule has 0 unspecified atom stereocenters. The van der Waals surface area contributed by atoms with Crippen LogP contribution in [0.15, 0.2) is 23.4 Å². The average Bonchev–Trinajstić information content (AvgIpc) is 2.76. The van der Waals surface area contributed by atoms with E-state index in [0.29, 0.717) is 11.0 Å². The Morgan fingerprint density at radius 2 is 2.17 bits per heavy atom. The van der Waals surface area contributed by atoms with E-state index in [4.69, 9.17) is 0 Å². The summed E-state index contributed by atoms with van der Waals surface area (Å²) in [6, 6.07) is 4.09. The molecule has 8 nitrogen and oxygen atoms in total. The molecule has 0 saturated heterocycles. The van der Waals surface area contributed by atoms with Gasteiger partial charge in [-0.25, -0.2) is 13.4 Å². The number of benzene rings is 1. The predicted octanol–water partition coefficient (Wildman–Crippen LogP) is 0.536. The predicted molar refractivity (Wildman–Crippen MR) is 61.3 cm³/mol. The number of hydrogen-bond acceptors (Lipinski definition) is 5. The van der Waals surface area contributed by atoms with Crippen LogP contribution >= 0.6 is 0 Å². The van der Waals surface area contributed by atoms with Gasteiger partial charge in [0.05, 0.1) is 22.6 Å². The highest BCUT2D eigenvalue weighted by Gasteiger charge is 2.35. The van der Waals surface area contributed by atoms with E-state index in [2.05, 4.69) is 4.98 Å². The van der Waals surface area contributed by atoms with Crippen LogP contribution < -0.4 is 0 Å². The summed E-state index contributed by atoms with van der Waals surface area (Å²) in [4.78, 5) is 14.2. The maximum absolute atomic E-state index is 11.9. The first-order valence-corrected chi connectivity index (χ1v) is 6.46. The minimum absolute atomic E-state index is 0.0690. The maximum Gasteiger partial charge on any atom is 0.278 e. The number of fused-ring (bicyclic) bond motifs is 3. The molecule has 2 aromatic rings. The van der Waals surface area contributed by atoms with Crippen molar-refractivity contribution in [2.45, 2.75) is 11.8 Å². The van der Waals surface area contributed by atoms with Crippen LogP contribution in [-0.2, 0) is 16.7 Å². The lowest BCUT2D eigenvalue weighted by Gasteiger charge is -2.04. The molecule has 3 rings (SSSR count). The van der Waals surface area contributed by atoms with Gasteiger partial charge >= 0.3 is 0 Å². The molecule has 9 heteroatoms. The molecule has 18 heavy (non-hydrogen) atoms. The number of nitrogens with zero attached hydrogens (tertiary/aromatic N) is 4. The molecular formula is C9H8N4O4S.